The van der Waals surface area contributed by atoms with Gasteiger partial charge in [0.15, 0.2) is 0 Å². The quantitative estimate of drug-likeness (QED) is 0.419. The second-order valence-corrected chi connectivity index (χ2v) is 7.19. The van der Waals surface area contributed by atoms with E-state index in [9.17, 15) is 15.0 Å². The number of carboxylic acids is 1. The minimum atomic E-state index is -1.01. The van der Waals surface area contributed by atoms with Gasteiger partial charge in [-0.3, -0.25) is 4.79 Å². The Kier molecular flexibility index (Phi) is 11.7. The molecule has 0 bridgehead atoms. The number of allylic oxidation sites excluding steroid dienone is 3. The molecule has 0 aromatic heterocycles. The molecule has 0 rings (SSSR count). The molecule has 4 nitrogen and oxygen atoms in total. The van der Waals surface area contributed by atoms with Crippen LogP contribution in [0.2, 0.25) is 0 Å². The fourth-order valence-corrected chi connectivity index (χ4v) is 3.27. The Morgan fingerprint density at radius 1 is 1.12 bits per heavy atom. The van der Waals surface area contributed by atoms with Gasteiger partial charge in [-0.05, 0) is 50.9 Å². The van der Waals surface area contributed by atoms with Crippen molar-refractivity contribution in [3.8, 4) is 0 Å². The predicted molar refractivity (Wildman–Crippen MR) is 103 cm³/mol. The fraction of sp³-hybridized carbons (Fsp3) is 0.762. The molecule has 0 amide bonds. The molecule has 0 aromatic carbocycles. The fourth-order valence-electron chi connectivity index (χ4n) is 3.27. The van der Waals surface area contributed by atoms with Gasteiger partial charge in [0.05, 0.1) is 18.1 Å². The Balaban J connectivity index is 5.09. The third kappa shape index (κ3) is 9.81. The molecule has 0 saturated heterocycles. The molecule has 0 saturated carbocycles. The number of carboxylic acid groups (broad SMARTS) is 1. The lowest BCUT2D eigenvalue weighted by molar-refractivity contribution is -0.140. The van der Waals surface area contributed by atoms with Crippen molar-refractivity contribution < 1.29 is 20.1 Å². The zero-order valence-electron chi connectivity index (χ0n) is 16.7. The summed E-state index contributed by atoms with van der Waals surface area (Å²) < 4.78 is 0. The van der Waals surface area contributed by atoms with E-state index in [4.69, 9.17) is 5.11 Å². The minimum Gasteiger partial charge on any atom is -0.481 e. The van der Waals surface area contributed by atoms with Crippen LogP contribution in [0, 0.1) is 11.8 Å². The molecule has 25 heavy (non-hydrogen) atoms. The molecular weight excluding hydrogens is 316 g/mol. The van der Waals surface area contributed by atoms with Gasteiger partial charge in [-0.25, -0.2) is 0 Å². The third-order valence-electron chi connectivity index (χ3n) is 4.95. The SMILES string of the molecule is CCC=CC(CC)CC(C)=CC(O)(CC)CC(CC)C(O)CC(=O)O. The molecule has 3 N–H and O–H groups in total. The highest BCUT2D eigenvalue weighted by molar-refractivity contribution is 5.67. The molecule has 0 aromatic rings. The van der Waals surface area contributed by atoms with Gasteiger partial charge in [0.1, 0.15) is 0 Å². The van der Waals surface area contributed by atoms with Crippen LogP contribution in [0.3, 0.4) is 0 Å². The second kappa shape index (κ2) is 12.3. The first-order valence-electron chi connectivity index (χ1n) is 9.68. The number of aliphatic carboxylic acids is 1. The van der Waals surface area contributed by atoms with E-state index in [2.05, 4.69) is 26.0 Å². The van der Waals surface area contributed by atoms with Crippen molar-refractivity contribution in [2.75, 3.05) is 0 Å². The van der Waals surface area contributed by atoms with E-state index in [0.717, 1.165) is 24.8 Å². The monoisotopic (exact) mass is 354 g/mol. The molecular formula is C21H38O4. The van der Waals surface area contributed by atoms with E-state index < -0.39 is 17.7 Å². The Hall–Kier alpha value is -1.13. The van der Waals surface area contributed by atoms with Crippen molar-refractivity contribution in [3.05, 3.63) is 23.8 Å². The van der Waals surface area contributed by atoms with Crippen molar-refractivity contribution in [2.24, 2.45) is 11.8 Å². The number of hydrogen-bond acceptors (Lipinski definition) is 3. The molecule has 4 heteroatoms. The molecule has 146 valence electrons. The summed E-state index contributed by atoms with van der Waals surface area (Å²) in [5.41, 5.74) is 0.135. The summed E-state index contributed by atoms with van der Waals surface area (Å²) in [5, 5.41) is 30.0. The lowest BCUT2D eigenvalue weighted by Gasteiger charge is -2.31. The van der Waals surface area contributed by atoms with Crippen LogP contribution in [0.1, 0.15) is 79.6 Å². The molecule has 4 unspecified atom stereocenters. The predicted octanol–water partition coefficient (Wildman–Crippen LogP) is 4.71. The third-order valence-corrected chi connectivity index (χ3v) is 4.95. The first-order valence-corrected chi connectivity index (χ1v) is 9.68. The van der Waals surface area contributed by atoms with Crippen LogP contribution in [0.25, 0.3) is 0 Å². The maximum atomic E-state index is 11.0. The van der Waals surface area contributed by atoms with Crippen molar-refractivity contribution in [2.45, 2.75) is 91.3 Å². The topological polar surface area (TPSA) is 77.8 Å². The molecule has 0 fully saturated rings. The summed E-state index contributed by atoms with van der Waals surface area (Å²) >= 11 is 0. The highest BCUT2D eigenvalue weighted by atomic mass is 16.4. The first kappa shape index (κ1) is 23.9. The van der Waals surface area contributed by atoms with Gasteiger partial charge in [0.25, 0.3) is 0 Å². The Morgan fingerprint density at radius 3 is 2.20 bits per heavy atom. The summed E-state index contributed by atoms with van der Waals surface area (Å²) in [4.78, 5) is 10.8. The van der Waals surface area contributed by atoms with Gasteiger partial charge in [0, 0.05) is 0 Å². The Bertz CT molecular complexity index is 441. The maximum absolute atomic E-state index is 11.0. The average molecular weight is 355 g/mol. The highest BCUT2D eigenvalue weighted by Gasteiger charge is 2.30. The Morgan fingerprint density at radius 2 is 1.76 bits per heavy atom. The van der Waals surface area contributed by atoms with Gasteiger partial charge >= 0.3 is 5.97 Å². The summed E-state index contributed by atoms with van der Waals surface area (Å²) in [6.45, 7) is 10.2. The van der Waals surface area contributed by atoms with Gasteiger partial charge < -0.3 is 15.3 Å². The van der Waals surface area contributed by atoms with Crippen LogP contribution in [0.5, 0.6) is 0 Å². The Labute approximate surface area is 153 Å². The van der Waals surface area contributed by atoms with Crippen molar-refractivity contribution in [1.82, 2.24) is 0 Å². The first-order chi connectivity index (χ1) is 11.7. The van der Waals surface area contributed by atoms with Gasteiger partial charge in [-0.1, -0.05) is 57.9 Å². The lowest BCUT2D eigenvalue weighted by Crippen LogP contribution is -2.34. The zero-order chi connectivity index (χ0) is 19.5. The molecule has 0 radical (unpaired) electrons. The van der Waals surface area contributed by atoms with Crippen LogP contribution < -0.4 is 0 Å². The van der Waals surface area contributed by atoms with E-state index in [-0.39, 0.29) is 12.3 Å². The van der Waals surface area contributed by atoms with Crippen LogP contribution in [-0.2, 0) is 4.79 Å². The van der Waals surface area contributed by atoms with Crippen LogP contribution in [-0.4, -0.2) is 33.0 Å². The largest absolute Gasteiger partial charge is 0.481 e. The van der Waals surface area contributed by atoms with Gasteiger partial charge in [-0.15, -0.1) is 0 Å². The lowest BCUT2D eigenvalue weighted by atomic mass is 9.81. The van der Waals surface area contributed by atoms with E-state index in [1.54, 1.807) is 0 Å². The molecule has 0 aliphatic heterocycles. The summed E-state index contributed by atoms with van der Waals surface area (Å²) in [7, 11) is 0. The van der Waals surface area contributed by atoms with Crippen LogP contribution in [0.4, 0.5) is 0 Å². The van der Waals surface area contributed by atoms with E-state index in [0.29, 0.717) is 25.2 Å². The number of hydrogen-bond donors (Lipinski definition) is 3. The number of carbonyl (C=O) groups is 1. The van der Waals surface area contributed by atoms with E-state index in [1.807, 2.05) is 26.8 Å². The highest BCUT2D eigenvalue weighted by Crippen LogP contribution is 2.30. The smallest absolute Gasteiger partial charge is 0.305 e. The van der Waals surface area contributed by atoms with Gasteiger partial charge in [-0.2, -0.15) is 0 Å². The summed E-state index contributed by atoms with van der Waals surface area (Å²) in [6.07, 6.45) is 9.70. The normalized spacial score (nSPS) is 18.8. The number of aliphatic hydroxyl groups excluding tert-OH is 1. The van der Waals surface area contributed by atoms with E-state index in [1.165, 1.54) is 0 Å². The number of aliphatic hydroxyl groups is 2. The van der Waals surface area contributed by atoms with Crippen LogP contribution in [0.15, 0.2) is 23.8 Å². The van der Waals surface area contributed by atoms with E-state index >= 15 is 0 Å². The number of rotatable bonds is 13. The van der Waals surface area contributed by atoms with Crippen molar-refractivity contribution >= 4 is 5.97 Å². The molecule has 0 heterocycles. The molecule has 4 atom stereocenters. The maximum Gasteiger partial charge on any atom is 0.305 e. The zero-order valence-corrected chi connectivity index (χ0v) is 16.7. The molecule has 0 aliphatic carbocycles. The standard InChI is InChI=1S/C21H38O4/c1-6-10-11-17(7-2)12-16(5)14-21(25,9-4)15-18(8-3)19(22)13-20(23)24/h10-11,14,17-19,22,25H,6-9,12-13,15H2,1-5H3,(H,23,24). The minimum absolute atomic E-state index is 0.230. The second-order valence-electron chi connectivity index (χ2n) is 7.19. The van der Waals surface area contributed by atoms with Gasteiger partial charge in [0.2, 0.25) is 0 Å². The van der Waals surface area contributed by atoms with Crippen molar-refractivity contribution in [3.63, 3.8) is 0 Å². The van der Waals surface area contributed by atoms with Crippen LogP contribution >= 0.6 is 0 Å². The molecule has 0 aliphatic rings. The average Bonchev–Trinajstić information content (AvgIpc) is 2.55. The molecule has 0 spiro atoms. The summed E-state index contributed by atoms with van der Waals surface area (Å²) in [5.74, 6) is -0.768. The summed E-state index contributed by atoms with van der Waals surface area (Å²) in [6, 6.07) is 0. The van der Waals surface area contributed by atoms with Crippen molar-refractivity contribution in [1.29, 1.82) is 0 Å².